The van der Waals surface area contributed by atoms with Crippen molar-refractivity contribution in [2.75, 3.05) is 31.7 Å². The standard InChI is InChI=1S/C17H25NO5S2/c1-13-6-7-15(23-2)16(10-13)25(21,22)17-12-24(19,20)11-14(17)18-8-4-3-5-9-18/h6-7,10,14,17H,3-5,8-9,11-12H2,1-2H3/t14-,17-/m1/s1. The number of hydrogen-bond donors (Lipinski definition) is 0. The zero-order valence-electron chi connectivity index (χ0n) is 14.6. The van der Waals surface area contributed by atoms with Gasteiger partial charge in [0, 0.05) is 6.04 Å². The molecule has 140 valence electrons. The molecule has 6 nitrogen and oxygen atoms in total. The van der Waals surface area contributed by atoms with Gasteiger partial charge in [-0.15, -0.1) is 0 Å². The minimum atomic E-state index is -3.82. The van der Waals surface area contributed by atoms with Crippen molar-refractivity contribution in [2.45, 2.75) is 42.4 Å². The molecule has 2 heterocycles. The first-order valence-electron chi connectivity index (χ1n) is 8.57. The van der Waals surface area contributed by atoms with Crippen molar-refractivity contribution >= 4 is 19.7 Å². The number of methoxy groups -OCH3 is 1. The van der Waals surface area contributed by atoms with Gasteiger partial charge in [0.15, 0.2) is 19.7 Å². The van der Waals surface area contributed by atoms with E-state index in [2.05, 4.69) is 4.90 Å². The van der Waals surface area contributed by atoms with Gasteiger partial charge in [-0.05, 0) is 50.6 Å². The molecule has 2 saturated heterocycles. The van der Waals surface area contributed by atoms with Crippen LogP contribution >= 0.6 is 0 Å². The number of aryl methyl sites for hydroxylation is 1. The Labute approximate surface area is 150 Å². The van der Waals surface area contributed by atoms with Gasteiger partial charge >= 0.3 is 0 Å². The molecule has 2 aliphatic heterocycles. The first kappa shape index (κ1) is 18.7. The Kier molecular flexibility index (Phi) is 5.14. The number of sulfone groups is 2. The Balaban J connectivity index is 2.03. The van der Waals surface area contributed by atoms with Crippen LogP contribution in [-0.2, 0) is 19.7 Å². The second-order valence-corrected chi connectivity index (χ2v) is 11.3. The highest BCUT2D eigenvalue weighted by atomic mass is 32.2. The molecule has 0 saturated carbocycles. The molecule has 0 spiro atoms. The maximum absolute atomic E-state index is 13.3. The van der Waals surface area contributed by atoms with Gasteiger partial charge in [-0.3, -0.25) is 4.90 Å². The molecule has 1 aromatic rings. The first-order chi connectivity index (χ1) is 11.7. The predicted molar refractivity (Wildman–Crippen MR) is 96.6 cm³/mol. The highest BCUT2D eigenvalue weighted by molar-refractivity contribution is 7.96. The van der Waals surface area contributed by atoms with Gasteiger partial charge in [0.25, 0.3) is 0 Å². The van der Waals surface area contributed by atoms with Gasteiger partial charge < -0.3 is 4.74 Å². The van der Waals surface area contributed by atoms with Crippen LogP contribution in [0.3, 0.4) is 0 Å². The lowest BCUT2D eigenvalue weighted by atomic mass is 10.1. The fourth-order valence-electron chi connectivity index (χ4n) is 3.85. The maximum Gasteiger partial charge on any atom is 0.187 e. The van der Waals surface area contributed by atoms with Crippen LogP contribution in [0.5, 0.6) is 5.75 Å². The van der Waals surface area contributed by atoms with E-state index >= 15 is 0 Å². The molecule has 2 atom stereocenters. The lowest BCUT2D eigenvalue weighted by molar-refractivity contribution is 0.178. The van der Waals surface area contributed by atoms with Crippen LogP contribution < -0.4 is 4.74 Å². The smallest absolute Gasteiger partial charge is 0.187 e. The van der Waals surface area contributed by atoms with Gasteiger partial charge in [0.2, 0.25) is 0 Å². The number of hydrogen-bond acceptors (Lipinski definition) is 6. The third-order valence-electron chi connectivity index (χ3n) is 5.16. The molecular weight excluding hydrogens is 362 g/mol. The second kappa shape index (κ2) is 6.89. The van der Waals surface area contributed by atoms with Crippen molar-refractivity contribution in [3.63, 3.8) is 0 Å². The van der Waals surface area contributed by atoms with E-state index in [9.17, 15) is 16.8 Å². The molecule has 2 aliphatic rings. The highest BCUT2D eigenvalue weighted by Crippen LogP contribution is 2.34. The van der Waals surface area contributed by atoms with E-state index in [1.807, 2.05) is 6.92 Å². The third kappa shape index (κ3) is 3.71. The zero-order chi connectivity index (χ0) is 18.2. The first-order valence-corrected chi connectivity index (χ1v) is 11.9. The molecule has 0 amide bonds. The molecule has 1 aromatic carbocycles. The van der Waals surface area contributed by atoms with Crippen LogP contribution in [0.1, 0.15) is 24.8 Å². The average Bonchev–Trinajstić information content (AvgIpc) is 2.92. The van der Waals surface area contributed by atoms with Crippen LogP contribution in [0.2, 0.25) is 0 Å². The van der Waals surface area contributed by atoms with Crippen LogP contribution in [0, 0.1) is 6.92 Å². The largest absolute Gasteiger partial charge is 0.495 e. The van der Waals surface area contributed by atoms with Crippen LogP contribution in [-0.4, -0.2) is 64.7 Å². The zero-order valence-corrected chi connectivity index (χ0v) is 16.3. The highest BCUT2D eigenvalue weighted by Gasteiger charge is 2.49. The summed E-state index contributed by atoms with van der Waals surface area (Å²) in [5, 5.41) is -0.939. The van der Waals surface area contributed by atoms with E-state index in [1.54, 1.807) is 18.2 Å². The summed E-state index contributed by atoms with van der Waals surface area (Å²) in [7, 11) is -5.77. The summed E-state index contributed by atoms with van der Waals surface area (Å²) in [5.41, 5.74) is 0.801. The van der Waals surface area contributed by atoms with E-state index < -0.39 is 31.0 Å². The van der Waals surface area contributed by atoms with Crippen LogP contribution in [0.15, 0.2) is 23.1 Å². The Morgan fingerprint density at radius 3 is 2.44 bits per heavy atom. The fraction of sp³-hybridized carbons (Fsp3) is 0.647. The summed E-state index contributed by atoms with van der Waals surface area (Å²) in [6.07, 6.45) is 3.08. The summed E-state index contributed by atoms with van der Waals surface area (Å²) in [6, 6.07) is 4.51. The molecule has 0 unspecified atom stereocenters. The lowest BCUT2D eigenvalue weighted by Gasteiger charge is -2.34. The number of benzene rings is 1. The molecule has 25 heavy (non-hydrogen) atoms. The van der Waals surface area contributed by atoms with Crippen molar-refractivity contribution in [3.8, 4) is 5.75 Å². The third-order valence-corrected chi connectivity index (χ3v) is 9.29. The van der Waals surface area contributed by atoms with Gasteiger partial charge in [-0.2, -0.15) is 0 Å². The second-order valence-electron chi connectivity index (χ2n) is 6.98. The lowest BCUT2D eigenvalue weighted by Crippen LogP contribution is -2.48. The van der Waals surface area contributed by atoms with Gasteiger partial charge in [0.1, 0.15) is 10.6 Å². The topological polar surface area (TPSA) is 80.8 Å². The van der Waals surface area contributed by atoms with Gasteiger partial charge in [0.05, 0.1) is 23.9 Å². The van der Waals surface area contributed by atoms with Crippen molar-refractivity contribution in [1.29, 1.82) is 0 Å². The molecular formula is C17H25NO5S2. The number of piperidine rings is 1. The molecule has 8 heteroatoms. The van der Waals surface area contributed by atoms with E-state index in [0.717, 1.165) is 37.9 Å². The summed E-state index contributed by atoms with van der Waals surface area (Å²) in [4.78, 5) is 2.15. The van der Waals surface area contributed by atoms with Gasteiger partial charge in [-0.25, -0.2) is 16.8 Å². The minimum Gasteiger partial charge on any atom is -0.495 e. The monoisotopic (exact) mass is 387 g/mol. The molecule has 0 radical (unpaired) electrons. The normalized spacial score (nSPS) is 27.3. The number of likely N-dealkylation sites (tertiary alicyclic amines) is 1. The maximum atomic E-state index is 13.3. The summed E-state index contributed by atoms with van der Waals surface area (Å²) in [5.74, 6) is -0.120. The summed E-state index contributed by atoms with van der Waals surface area (Å²) < 4.78 is 56.5. The number of ether oxygens (including phenoxy) is 1. The van der Waals surface area contributed by atoms with E-state index in [4.69, 9.17) is 4.74 Å². The van der Waals surface area contributed by atoms with Crippen molar-refractivity contribution in [2.24, 2.45) is 0 Å². The molecule has 3 rings (SSSR count). The Morgan fingerprint density at radius 2 is 1.80 bits per heavy atom. The summed E-state index contributed by atoms with van der Waals surface area (Å²) >= 11 is 0. The Bertz CT molecular complexity index is 842. The van der Waals surface area contributed by atoms with Crippen molar-refractivity contribution in [1.82, 2.24) is 4.90 Å². The van der Waals surface area contributed by atoms with Crippen LogP contribution in [0.4, 0.5) is 0 Å². The van der Waals surface area contributed by atoms with Crippen molar-refractivity contribution in [3.05, 3.63) is 23.8 Å². The summed E-state index contributed by atoms with van der Waals surface area (Å²) in [6.45, 7) is 3.33. The minimum absolute atomic E-state index is 0.0783. The molecule has 0 N–H and O–H groups in total. The average molecular weight is 388 g/mol. The quantitative estimate of drug-likeness (QED) is 0.777. The van der Waals surface area contributed by atoms with E-state index in [1.165, 1.54) is 7.11 Å². The van der Waals surface area contributed by atoms with Crippen molar-refractivity contribution < 1.29 is 21.6 Å². The SMILES string of the molecule is COc1ccc(C)cc1S(=O)(=O)[C@@H]1CS(=O)(=O)C[C@H]1N1CCCCC1. The molecule has 2 fully saturated rings. The molecule has 0 aliphatic carbocycles. The number of nitrogens with zero attached hydrogens (tertiary/aromatic N) is 1. The van der Waals surface area contributed by atoms with E-state index in [0.29, 0.717) is 0 Å². The number of rotatable bonds is 4. The van der Waals surface area contributed by atoms with E-state index in [-0.39, 0.29) is 22.2 Å². The Morgan fingerprint density at radius 1 is 1.12 bits per heavy atom. The molecule has 0 aromatic heterocycles. The Hall–Kier alpha value is -1.12. The van der Waals surface area contributed by atoms with Gasteiger partial charge in [-0.1, -0.05) is 12.5 Å². The van der Waals surface area contributed by atoms with Crippen LogP contribution in [0.25, 0.3) is 0 Å². The predicted octanol–water partition coefficient (Wildman–Crippen LogP) is 1.43. The fourth-order valence-corrected chi connectivity index (χ4v) is 8.93. The molecule has 0 bridgehead atoms.